The Labute approximate surface area is 133 Å². The van der Waals surface area contributed by atoms with E-state index in [1.165, 1.54) is 50.6 Å². The summed E-state index contributed by atoms with van der Waals surface area (Å²) < 4.78 is 0. The molecule has 3 rings (SSSR count). The summed E-state index contributed by atoms with van der Waals surface area (Å²) in [4.78, 5) is 2.48. The number of likely N-dealkylation sites (N-methyl/N-ethyl adjacent to an activating group) is 1. The van der Waals surface area contributed by atoms with Crippen molar-refractivity contribution < 1.29 is 0 Å². The standard InChI is InChI=1S/C18H27ClN2/c1-21-12-15(14-7-9-16(19)10-8-14)11-18(13-21)20-17-5-3-2-4-6-17/h7-10,15,17-18,20H,2-6,11-13H2,1H3. The first-order valence-electron chi connectivity index (χ1n) is 8.41. The molecule has 1 saturated heterocycles. The third kappa shape index (κ3) is 4.21. The van der Waals surface area contributed by atoms with E-state index in [2.05, 4.69) is 29.4 Å². The molecule has 2 nitrogen and oxygen atoms in total. The van der Waals surface area contributed by atoms with Gasteiger partial charge in [0.05, 0.1) is 0 Å². The van der Waals surface area contributed by atoms with Crippen molar-refractivity contribution in [1.29, 1.82) is 0 Å². The van der Waals surface area contributed by atoms with Crippen molar-refractivity contribution in [2.75, 3.05) is 20.1 Å². The molecule has 0 aromatic heterocycles. The Kier molecular flexibility index (Phi) is 5.20. The largest absolute Gasteiger partial charge is 0.310 e. The average molecular weight is 307 g/mol. The summed E-state index contributed by atoms with van der Waals surface area (Å²) in [6.45, 7) is 2.34. The number of hydrogen-bond acceptors (Lipinski definition) is 2. The zero-order chi connectivity index (χ0) is 14.7. The van der Waals surface area contributed by atoms with Gasteiger partial charge in [-0.05, 0) is 49.9 Å². The fourth-order valence-corrected chi connectivity index (χ4v) is 4.15. The predicted molar refractivity (Wildman–Crippen MR) is 90.1 cm³/mol. The normalized spacial score (nSPS) is 28.7. The van der Waals surface area contributed by atoms with Gasteiger partial charge in [0.1, 0.15) is 0 Å². The van der Waals surface area contributed by atoms with Crippen LogP contribution in [0, 0.1) is 0 Å². The number of benzene rings is 1. The van der Waals surface area contributed by atoms with Crippen LogP contribution in [0.25, 0.3) is 0 Å². The first kappa shape index (κ1) is 15.3. The number of likely N-dealkylation sites (tertiary alicyclic amines) is 1. The first-order valence-corrected chi connectivity index (χ1v) is 8.78. The fourth-order valence-electron chi connectivity index (χ4n) is 4.02. The maximum Gasteiger partial charge on any atom is 0.0406 e. The topological polar surface area (TPSA) is 15.3 Å². The Morgan fingerprint density at radius 2 is 1.71 bits per heavy atom. The molecular formula is C18H27ClN2. The third-order valence-corrected chi connectivity index (χ3v) is 5.30. The maximum absolute atomic E-state index is 6.01. The van der Waals surface area contributed by atoms with Crippen molar-refractivity contribution in [3.05, 3.63) is 34.9 Å². The Morgan fingerprint density at radius 1 is 1.00 bits per heavy atom. The van der Waals surface area contributed by atoms with Gasteiger partial charge in [0, 0.05) is 30.2 Å². The summed E-state index contributed by atoms with van der Waals surface area (Å²) in [6.07, 6.45) is 8.22. The van der Waals surface area contributed by atoms with Crippen LogP contribution in [-0.4, -0.2) is 37.1 Å². The molecule has 1 saturated carbocycles. The van der Waals surface area contributed by atoms with E-state index in [1.807, 2.05) is 12.1 Å². The third-order valence-electron chi connectivity index (χ3n) is 5.05. The molecule has 1 heterocycles. The number of hydrogen-bond donors (Lipinski definition) is 1. The Bertz CT molecular complexity index is 439. The van der Waals surface area contributed by atoms with Gasteiger partial charge in [0.25, 0.3) is 0 Å². The second-order valence-electron chi connectivity index (χ2n) is 6.90. The number of piperidine rings is 1. The number of rotatable bonds is 3. The minimum Gasteiger partial charge on any atom is -0.310 e. The van der Waals surface area contributed by atoms with Crippen LogP contribution >= 0.6 is 11.6 Å². The highest BCUT2D eigenvalue weighted by Gasteiger charge is 2.28. The van der Waals surface area contributed by atoms with E-state index in [1.54, 1.807) is 0 Å². The fraction of sp³-hybridized carbons (Fsp3) is 0.667. The molecule has 0 amide bonds. The van der Waals surface area contributed by atoms with E-state index in [0.717, 1.165) is 17.6 Å². The Balaban J connectivity index is 1.62. The van der Waals surface area contributed by atoms with Gasteiger partial charge in [0.2, 0.25) is 0 Å². The van der Waals surface area contributed by atoms with E-state index >= 15 is 0 Å². The van der Waals surface area contributed by atoms with Crippen LogP contribution in [0.3, 0.4) is 0 Å². The van der Waals surface area contributed by atoms with Gasteiger partial charge in [0.15, 0.2) is 0 Å². The van der Waals surface area contributed by atoms with Crippen molar-refractivity contribution in [1.82, 2.24) is 10.2 Å². The van der Waals surface area contributed by atoms with Gasteiger partial charge in [-0.2, -0.15) is 0 Å². The second-order valence-corrected chi connectivity index (χ2v) is 7.34. The van der Waals surface area contributed by atoms with Crippen molar-refractivity contribution in [3.63, 3.8) is 0 Å². The van der Waals surface area contributed by atoms with Gasteiger partial charge >= 0.3 is 0 Å². The van der Waals surface area contributed by atoms with E-state index in [9.17, 15) is 0 Å². The molecule has 1 aliphatic heterocycles. The predicted octanol–water partition coefficient (Wildman–Crippen LogP) is 4.05. The molecule has 1 N–H and O–H groups in total. The molecule has 1 aromatic rings. The lowest BCUT2D eigenvalue weighted by atomic mass is 9.87. The SMILES string of the molecule is CN1CC(NC2CCCCC2)CC(c2ccc(Cl)cc2)C1. The van der Waals surface area contributed by atoms with Crippen LogP contribution in [0.15, 0.2) is 24.3 Å². The minimum atomic E-state index is 0.627. The quantitative estimate of drug-likeness (QED) is 0.906. The zero-order valence-corrected chi connectivity index (χ0v) is 13.8. The first-order chi connectivity index (χ1) is 10.2. The molecule has 3 heteroatoms. The van der Waals surface area contributed by atoms with Crippen LogP contribution in [0.2, 0.25) is 5.02 Å². The van der Waals surface area contributed by atoms with Gasteiger partial charge in [-0.15, -0.1) is 0 Å². The summed E-state index contributed by atoms with van der Waals surface area (Å²) in [6, 6.07) is 9.83. The molecule has 1 aliphatic carbocycles. The van der Waals surface area contributed by atoms with Crippen LogP contribution in [0.4, 0.5) is 0 Å². The molecule has 116 valence electrons. The molecule has 2 unspecified atom stereocenters. The molecule has 21 heavy (non-hydrogen) atoms. The van der Waals surface area contributed by atoms with Gasteiger partial charge in [-0.3, -0.25) is 0 Å². The van der Waals surface area contributed by atoms with E-state index in [4.69, 9.17) is 11.6 Å². The Hall–Kier alpha value is -0.570. The molecule has 2 atom stereocenters. The smallest absolute Gasteiger partial charge is 0.0406 e. The van der Waals surface area contributed by atoms with Crippen molar-refractivity contribution in [2.45, 2.75) is 56.5 Å². The molecule has 1 aromatic carbocycles. The number of nitrogens with zero attached hydrogens (tertiary/aromatic N) is 1. The summed E-state index contributed by atoms with van der Waals surface area (Å²) in [7, 11) is 2.25. The van der Waals surface area contributed by atoms with Gasteiger partial charge in [-0.25, -0.2) is 0 Å². The Morgan fingerprint density at radius 3 is 2.43 bits per heavy atom. The highest BCUT2D eigenvalue weighted by molar-refractivity contribution is 6.30. The summed E-state index contributed by atoms with van der Waals surface area (Å²) >= 11 is 6.01. The van der Waals surface area contributed by atoms with Crippen molar-refractivity contribution in [3.8, 4) is 0 Å². The average Bonchev–Trinajstić information content (AvgIpc) is 2.48. The van der Waals surface area contributed by atoms with E-state index in [0.29, 0.717) is 12.0 Å². The van der Waals surface area contributed by atoms with Crippen LogP contribution in [0.1, 0.15) is 50.0 Å². The van der Waals surface area contributed by atoms with Crippen molar-refractivity contribution in [2.24, 2.45) is 0 Å². The molecule has 0 radical (unpaired) electrons. The molecule has 2 fully saturated rings. The highest BCUT2D eigenvalue weighted by atomic mass is 35.5. The number of halogens is 1. The maximum atomic E-state index is 6.01. The lowest BCUT2D eigenvalue weighted by molar-refractivity contribution is 0.186. The van der Waals surface area contributed by atoms with E-state index < -0.39 is 0 Å². The monoisotopic (exact) mass is 306 g/mol. The molecule has 0 bridgehead atoms. The lowest BCUT2D eigenvalue weighted by Gasteiger charge is -2.39. The molecular weight excluding hydrogens is 280 g/mol. The highest BCUT2D eigenvalue weighted by Crippen LogP contribution is 2.28. The second kappa shape index (κ2) is 7.13. The van der Waals surface area contributed by atoms with E-state index in [-0.39, 0.29) is 0 Å². The summed E-state index contributed by atoms with van der Waals surface area (Å²) in [5, 5.41) is 4.76. The van der Waals surface area contributed by atoms with Crippen LogP contribution in [-0.2, 0) is 0 Å². The van der Waals surface area contributed by atoms with Gasteiger partial charge < -0.3 is 10.2 Å². The summed E-state index contributed by atoms with van der Waals surface area (Å²) in [5.41, 5.74) is 1.43. The summed E-state index contributed by atoms with van der Waals surface area (Å²) in [5.74, 6) is 0.627. The molecule has 0 spiro atoms. The minimum absolute atomic E-state index is 0.627. The van der Waals surface area contributed by atoms with Crippen LogP contribution < -0.4 is 5.32 Å². The molecule has 2 aliphatic rings. The number of nitrogens with one attached hydrogen (secondary N) is 1. The lowest BCUT2D eigenvalue weighted by Crippen LogP contribution is -2.50. The van der Waals surface area contributed by atoms with Crippen molar-refractivity contribution >= 4 is 11.6 Å². The van der Waals surface area contributed by atoms with Crippen LogP contribution in [0.5, 0.6) is 0 Å². The zero-order valence-electron chi connectivity index (χ0n) is 13.0. The van der Waals surface area contributed by atoms with Gasteiger partial charge in [-0.1, -0.05) is 43.0 Å².